The molecule has 120 valence electrons. The number of nitrogens with two attached hydrogens (primary N) is 1. The average molecular weight is 303 g/mol. The number of carbonyl (C=O) groups is 4. The van der Waals surface area contributed by atoms with Crippen LogP contribution in [0, 0.1) is 5.92 Å². The van der Waals surface area contributed by atoms with Crippen LogP contribution in [-0.2, 0) is 19.2 Å². The summed E-state index contributed by atoms with van der Waals surface area (Å²) in [6.07, 6.45) is -0.475. The van der Waals surface area contributed by atoms with Crippen LogP contribution >= 0.6 is 0 Å². The molecule has 0 heterocycles. The lowest BCUT2D eigenvalue weighted by Crippen LogP contribution is -2.53. The molecule has 2 amide bonds. The number of carboxylic acids is 2. The van der Waals surface area contributed by atoms with Crippen LogP contribution in [-0.4, -0.2) is 52.6 Å². The molecule has 0 rings (SSSR count). The summed E-state index contributed by atoms with van der Waals surface area (Å²) in [4.78, 5) is 44.9. The van der Waals surface area contributed by atoms with Gasteiger partial charge in [-0.25, -0.2) is 4.79 Å². The Kier molecular flexibility index (Phi) is 7.99. The molecule has 0 aliphatic rings. The lowest BCUT2D eigenvalue weighted by Gasteiger charge is -2.21. The highest BCUT2D eigenvalue weighted by molar-refractivity contribution is 5.93. The van der Waals surface area contributed by atoms with E-state index >= 15 is 0 Å². The maximum Gasteiger partial charge on any atom is 0.326 e. The molecule has 21 heavy (non-hydrogen) atoms. The normalized spacial score (nSPS) is 13.3. The monoisotopic (exact) mass is 303 g/mol. The van der Waals surface area contributed by atoms with Gasteiger partial charge in [0.25, 0.3) is 0 Å². The van der Waals surface area contributed by atoms with Crippen LogP contribution < -0.4 is 16.4 Å². The van der Waals surface area contributed by atoms with Crippen molar-refractivity contribution in [2.24, 2.45) is 11.7 Å². The van der Waals surface area contributed by atoms with Crippen molar-refractivity contribution < 1.29 is 29.4 Å². The molecule has 0 saturated carbocycles. The van der Waals surface area contributed by atoms with E-state index in [-0.39, 0.29) is 12.3 Å². The van der Waals surface area contributed by atoms with Crippen molar-refractivity contribution >= 4 is 23.8 Å². The van der Waals surface area contributed by atoms with Crippen molar-refractivity contribution in [2.45, 2.75) is 38.8 Å². The molecule has 0 spiro atoms. The Hall–Kier alpha value is -2.16. The second-order valence-corrected chi connectivity index (χ2v) is 4.95. The minimum atomic E-state index is -1.37. The predicted molar refractivity (Wildman–Crippen MR) is 72.3 cm³/mol. The maximum absolute atomic E-state index is 11.9. The van der Waals surface area contributed by atoms with Crippen molar-refractivity contribution in [2.75, 3.05) is 6.54 Å². The summed E-state index contributed by atoms with van der Waals surface area (Å²) in [5.74, 6) is -4.08. The minimum Gasteiger partial charge on any atom is -0.481 e. The highest BCUT2D eigenvalue weighted by atomic mass is 16.4. The summed E-state index contributed by atoms with van der Waals surface area (Å²) in [5.41, 5.74) is 5.08. The Bertz CT molecular complexity index is 410. The smallest absolute Gasteiger partial charge is 0.326 e. The molecule has 0 aliphatic carbocycles. The number of rotatable bonds is 9. The highest BCUT2D eigenvalue weighted by Gasteiger charge is 2.28. The van der Waals surface area contributed by atoms with E-state index in [2.05, 4.69) is 10.6 Å². The number of carbonyl (C=O) groups excluding carboxylic acids is 2. The Labute approximate surface area is 121 Å². The Morgan fingerprint density at radius 2 is 1.62 bits per heavy atom. The quantitative estimate of drug-likeness (QED) is 0.347. The van der Waals surface area contributed by atoms with Gasteiger partial charge in [-0.1, -0.05) is 13.8 Å². The van der Waals surface area contributed by atoms with Gasteiger partial charge in [-0.2, -0.15) is 0 Å². The molecule has 6 N–H and O–H groups in total. The molecule has 0 unspecified atom stereocenters. The fourth-order valence-electron chi connectivity index (χ4n) is 1.60. The molecule has 0 saturated heterocycles. The van der Waals surface area contributed by atoms with E-state index in [0.717, 1.165) is 0 Å². The van der Waals surface area contributed by atoms with E-state index in [1.807, 2.05) is 0 Å². The van der Waals surface area contributed by atoms with Crippen LogP contribution in [0.5, 0.6) is 0 Å². The zero-order valence-corrected chi connectivity index (χ0v) is 12.0. The fourth-order valence-corrected chi connectivity index (χ4v) is 1.60. The van der Waals surface area contributed by atoms with Gasteiger partial charge in [-0.3, -0.25) is 14.4 Å². The summed E-state index contributed by atoms with van der Waals surface area (Å²) in [5, 5.41) is 22.1. The fraction of sp³-hybridized carbons (Fsp3) is 0.667. The standard InChI is InChI=1S/C12H21N3O6/c1-6(2)3-8(12(20)21)15-11(19)7(4-10(17)18)14-9(16)5-13/h6-8H,3-5,13H2,1-2H3,(H,14,16)(H,15,19)(H,17,18)(H,20,21)/t7-,8-/m0/s1. The molecule has 0 aromatic heterocycles. The van der Waals surface area contributed by atoms with E-state index in [4.69, 9.17) is 15.9 Å². The van der Waals surface area contributed by atoms with Gasteiger partial charge >= 0.3 is 11.9 Å². The van der Waals surface area contributed by atoms with Crippen LogP contribution in [0.1, 0.15) is 26.7 Å². The molecular formula is C12H21N3O6. The molecular weight excluding hydrogens is 282 g/mol. The first-order valence-electron chi connectivity index (χ1n) is 6.41. The van der Waals surface area contributed by atoms with Gasteiger partial charge in [-0.05, 0) is 12.3 Å². The van der Waals surface area contributed by atoms with Crippen molar-refractivity contribution in [1.82, 2.24) is 10.6 Å². The first-order valence-corrected chi connectivity index (χ1v) is 6.41. The van der Waals surface area contributed by atoms with Gasteiger partial charge in [-0.15, -0.1) is 0 Å². The van der Waals surface area contributed by atoms with Crippen molar-refractivity contribution in [1.29, 1.82) is 0 Å². The third kappa shape index (κ3) is 7.88. The SMILES string of the molecule is CC(C)C[C@H](NC(=O)[C@H](CC(=O)O)NC(=O)CN)C(=O)O. The zero-order valence-electron chi connectivity index (χ0n) is 12.0. The van der Waals surface area contributed by atoms with E-state index in [0.29, 0.717) is 0 Å². The van der Waals surface area contributed by atoms with Crippen LogP contribution in [0.3, 0.4) is 0 Å². The van der Waals surface area contributed by atoms with Crippen molar-refractivity contribution in [3.8, 4) is 0 Å². The van der Waals surface area contributed by atoms with Gasteiger partial charge < -0.3 is 26.6 Å². The highest BCUT2D eigenvalue weighted by Crippen LogP contribution is 2.06. The number of hydrogen-bond donors (Lipinski definition) is 5. The van der Waals surface area contributed by atoms with Gasteiger partial charge in [0.05, 0.1) is 13.0 Å². The molecule has 0 aromatic carbocycles. The zero-order chi connectivity index (χ0) is 16.6. The largest absolute Gasteiger partial charge is 0.481 e. The Morgan fingerprint density at radius 3 is 2.00 bits per heavy atom. The molecule has 9 nitrogen and oxygen atoms in total. The number of hydrogen-bond acceptors (Lipinski definition) is 5. The van der Waals surface area contributed by atoms with Gasteiger partial charge in [0.2, 0.25) is 11.8 Å². The van der Waals surface area contributed by atoms with Crippen molar-refractivity contribution in [3.05, 3.63) is 0 Å². The Morgan fingerprint density at radius 1 is 1.05 bits per heavy atom. The molecule has 9 heteroatoms. The van der Waals surface area contributed by atoms with E-state index in [9.17, 15) is 19.2 Å². The number of nitrogens with one attached hydrogen (secondary N) is 2. The van der Waals surface area contributed by atoms with Gasteiger partial charge in [0, 0.05) is 0 Å². The van der Waals surface area contributed by atoms with Crippen LogP contribution in [0.4, 0.5) is 0 Å². The molecule has 0 radical (unpaired) electrons. The lowest BCUT2D eigenvalue weighted by atomic mass is 10.0. The first-order chi connectivity index (χ1) is 9.67. The lowest BCUT2D eigenvalue weighted by molar-refractivity contribution is -0.143. The minimum absolute atomic E-state index is 0.0166. The van der Waals surface area contributed by atoms with Crippen molar-refractivity contribution in [3.63, 3.8) is 0 Å². The molecule has 0 aliphatic heterocycles. The van der Waals surface area contributed by atoms with Crippen LogP contribution in [0.25, 0.3) is 0 Å². The van der Waals surface area contributed by atoms with E-state index in [1.165, 1.54) is 0 Å². The number of carboxylic acid groups (broad SMARTS) is 2. The first kappa shape index (κ1) is 18.8. The summed E-state index contributed by atoms with van der Waals surface area (Å²) >= 11 is 0. The molecule has 0 fully saturated rings. The summed E-state index contributed by atoms with van der Waals surface area (Å²) in [6.45, 7) is 3.16. The second-order valence-electron chi connectivity index (χ2n) is 4.95. The van der Waals surface area contributed by atoms with E-state index in [1.54, 1.807) is 13.8 Å². The third-order valence-corrected chi connectivity index (χ3v) is 2.54. The topological polar surface area (TPSA) is 159 Å². The second kappa shape index (κ2) is 8.90. The Balaban J connectivity index is 4.87. The summed E-state index contributed by atoms with van der Waals surface area (Å²) in [6, 6.07) is -2.52. The predicted octanol–water partition coefficient (Wildman–Crippen LogP) is -1.48. The third-order valence-electron chi connectivity index (χ3n) is 2.54. The number of aliphatic carboxylic acids is 2. The average Bonchev–Trinajstić information content (AvgIpc) is 2.35. The number of amides is 2. The maximum atomic E-state index is 11.9. The molecule has 2 atom stereocenters. The van der Waals surface area contributed by atoms with E-state index < -0.39 is 48.8 Å². The van der Waals surface area contributed by atoms with Gasteiger partial charge in [0.1, 0.15) is 12.1 Å². The summed E-state index contributed by atoms with van der Waals surface area (Å²) in [7, 11) is 0. The molecule has 0 aromatic rings. The van der Waals surface area contributed by atoms with Gasteiger partial charge in [0.15, 0.2) is 0 Å². The van der Waals surface area contributed by atoms with Crippen LogP contribution in [0.15, 0.2) is 0 Å². The summed E-state index contributed by atoms with van der Waals surface area (Å²) < 4.78 is 0. The van der Waals surface area contributed by atoms with Crippen LogP contribution in [0.2, 0.25) is 0 Å². The molecule has 0 bridgehead atoms.